The van der Waals surface area contributed by atoms with Crippen LogP contribution in [0.2, 0.25) is 0 Å². The van der Waals surface area contributed by atoms with E-state index >= 15 is 0 Å². The first kappa shape index (κ1) is 23.9. The highest BCUT2D eigenvalue weighted by Gasteiger charge is 2.27. The summed E-state index contributed by atoms with van der Waals surface area (Å²) in [6.07, 6.45) is 4.37. The molecule has 0 atom stereocenters. The molecule has 0 spiro atoms. The van der Waals surface area contributed by atoms with Gasteiger partial charge in [0.1, 0.15) is 5.75 Å². The number of carbonyl (C=O) groups excluding carboxylic acids is 1. The number of hydrogen-bond acceptors (Lipinski definition) is 9. The fourth-order valence-corrected chi connectivity index (χ4v) is 6.14. The average Bonchev–Trinajstić information content (AvgIpc) is 3.51. The van der Waals surface area contributed by atoms with E-state index in [2.05, 4.69) is 20.8 Å². The molecule has 1 amide bonds. The van der Waals surface area contributed by atoms with Gasteiger partial charge >= 0.3 is 0 Å². The van der Waals surface area contributed by atoms with Gasteiger partial charge in [-0.05, 0) is 48.4 Å². The number of carbonyl (C=O) groups is 1. The molecule has 0 unspecified atom stereocenters. The third kappa shape index (κ3) is 5.65. The standard InChI is InChI=1S/C20H28N6O5S2/c1-2-31-18-8-7-16(33(28,29)25-9-11-30-12-10-25)13-17(18)21-19(27)14-32-20-22-23-24-26(20)15-5-3-4-6-15/h7-8,13,15H,2-6,9-12,14H2,1H3,(H,21,27). The lowest BCUT2D eigenvalue weighted by Gasteiger charge is -2.26. The molecule has 180 valence electrons. The minimum Gasteiger partial charge on any atom is -0.492 e. The van der Waals surface area contributed by atoms with Gasteiger partial charge in [0.05, 0.1) is 42.2 Å². The normalized spacial score (nSPS) is 17.8. The third-order valence-corrected chi connectivity index (χ3v) is 8.43. The minimum atomic E-state index is -3.70. The molecule has 2 aliphatic rings. The van der Waals surface area contributed by atoms with Crippen molar-refractivity contribution in [2.45, 2.75) is 48.7 Å². The number of nitrogens with zero attached hydrogens (tertiary/aromatic N) is 5. The summed E-state index contributed by atoms with van der Waals surface area (Å²) >= 11 is 1.25. The fourth-order valence-electron chi connectivity index (χ4n) is 3.96. The summed E-state index contributed by atoms with van der Waals surface area (Å²) in [4.78, 5) is 12.8. The Morgan fingerprint density at radius 2 is 2.03 bits per heavy atom. The number of amides is 1. The second-order valence-corrected chi connectivity index (χ2v) is 10.7. The average molecular weight is 497 g/mol. The Bertz CT molecular complexity index is 1060. The number of sulfonamides is 1. The number of anilines is 1. The van der Waals surface area contributed by atoms with Crippen LogP contribution >= 0.6 is 11.8 Å². The van der Waals surface area contributed by atoms with Crippen LogP contribution < -0.4 is 10.1 Å². The molecule has 1 aliphatic heterocycles. The Morgan fingerprint density at radius 1 is 1.27 bits per heavy atom. The smallest absolute Gasteiger partial charge is 0.243 e. The van der Waals surface area contributed by atoms with E-state index in [1.807, 2.05) is 6.92 Å². The van der Waals surface area contributed by atoms with E-state index < -0.39 is 10.0 Å². The molecule has 1 aliphatic carbocycles. The Morgan fingerprint density at radius 3 is 2.76 bits per heavy atom. The molecular formula is C20H28N6O5S2. The molecule has 1 N–H and O–H groups in total. The second kappa shape index (κ2) is 10.8. The lowest BCUT2D eigenvalue weighted by atomic mass is 10.3. The van der Waals surface area contributed by atoms with E-state index in [4.69, 9.17) is 9.47 Å². The van der Waals surface area contributed by atoms with Crippen LogP contribution in [-0.4, -0.2) is 77.5 Å². The molecule has 13 heteroatoms. The van der Waals surface area contributed by atoms with E-state index in [1.165, 1.54) is 28.2 Å². The number of nitrogens with one attached hydrogen (secondary N) is 1. The Labute approximate surface area is 197 Å². The van der Waals surface area contributed by atoms with Crippen molar-refractivity contribution in [3.63, 3.8) is 0 Å². The molecule has 11 nitrogen and oxygen atoms in total. The van der Waals surface area contributed by atoms with Crippen LogP contribution in [-0.2, 0) is 19.6 Å². The number of morpholine rings is 1. The molecule has 1 aromatic heterocycles. The maximum atomic E-state index is 13.0. The summed E-state index contributed by atoms with van der Waals surface area (Å²) in [6, 6.07) is 4.79. The van der Waals surface area contributed by atoms with Gasteiger partial charge in [0.15, 0.2) is 0 Å². The van der Waals surface area contributed by atoms with E-state index in [9.17, 15) is 13.2 Å². The zero-order chi connectivity index (χ0) is 23.3. The van der Waals surface area contributed by atoms with Gasteiger partial charge in [-0.1, -0.05) is 24.6 Å². The van der Waals surface area contributed by atoms with Crippen molar-refractivity contribution < 1.29 is 22.7 Å². The summed E-state index contributed by atoms with van der Waals surface area (Å²) in [5.74, 6) is 0.189. The molecule has 1 aromatic carbocycles. The van der Waals surface area contributed by atoms with Crippen molar-refractivity contribution in [2.24, 2.45) is 0 Å². The molecule has 1 saturated heterocycles. The monoisotopic (exact) mass is 496 g/mol. The van der Waals surface area contributed by atoms with Crippen molar-refractivity contribution in [3.05, 3.63) is 18.2 Å². The zero-order valence-electron chi connectivity index (χ0n) is 18.5. The largest absolute Gasteiger partial charge is 0.492 e. The summed E-state index contributed by atoms with van der Waals surface area (Å²) in [5.41, 5.74) is 0.312. The van der Waals surface area contributed by atoms with Crippen molar-refractivity contribution >= 4 is 33.4 Å². The molecule has 0 bridgehead atoms. The molecule has 2 fully saturated rings. The first-order valence-electron chi connectivity index (χ1n) is 11.0. The number of thioether (sulfide) groups is 1. The first-order valence-corrected chi connectivity index (χ1v) is 13.5. The maximum absolute atomic E-state index is 13.0. The van der Waals surface area contributed by atoms with Gasteiger partial charge in [-0.15, -0.1) is 5.10 Å². The van der Waals surface area contributed by atoms with E-state index in [-0.39, 0.29) is 22.6 Å². The maximum Gasteiger partial charge on any atom is 0.243 e. The number of aromatic nitrogens is 4. The lowest BCUT2D eigenvalue weighted by molar-refractivity contribution is -0.113. The highest BCUT2D eigenvalue weighted by Crippen LogP contribution is 2.32. The van der Waals surface area contributed by atoms with E-state index in [1.54, 1.807) is 10.7 Å². The van der Waals surface area contributed by atoms with Gasteiger partial charge in [-0.25, -0.2) is 13.1 Å². The Balaban J connectivity index is 1.46. The van der Waals surface area contributed by atoms with Crippen molar-refractivity contribution in [2.75, 3.05) is 44.0 Å². The molecular weight excluding hydrogens is 468 g/mol. The summed E-state index contributed by atoms with van der Waals surface area (Å²) < 4.78 is 40.1. The predicted molar refractivity (Wildman–Crippen MR) is 122 cm³/mol. The Hall–Kier alpha value is -2.22. The zero-order valence-corrected chi connectivity index (χ0v) is 20.1. The summed E-state index contributed by atoms with van der Waals surface area (Å²) in [7, 11) is -3.70. The lowest BCUT2D eigenvalue weighted by Crippen LogP contribution is -2.40. The van der Waals surface area contributed by atoms with Crippen LogP contribution in [0.5, 0.6) is 5.75 Å². The van der Waals surface area contributed by atoms with Gasteiger partial charge in [0.25, 0.3) is 0 Å². The quantitative estimate of drug-likeness (QED) is 0.518. The first-order chi connectivity index (χ1) is 16.0. The second-order valence-electron chi connectivity index (χ2n) is 7.79. The number of rotatable bonds is 9. The van der Waals surface area contributed by atoms with E-state index in [0.29, 0.717) is 49.5 Å². The summed E-state index contributed by atoms with van der Waals surface area (Å²) in [6.45, 7) is 3.51. The minimum absolute atomic E-state index is 0.0824. The predicted octanol–water partition coefficient (Wildman–Crippen LogP) is 1.94. The SMILES string of the molecule is CCOc1ccc(S(=O)(=O)N2CCOCC2)cc1NC(=O)CSc1nnnn1C1CCCC1. The Kier molecular flexibility index (Phi) is 7.83. The van der Waals surface area contributed by atoms with Crippen LogP contribution in [0.4, 0.5) is 5.69 Å². The number of hydrogen-bond donors (Lipinski definition) is 1. The van der Waals surface area contributed by atoms with Crippen molar-refractivity contribution in [1.82, 2.24) is 24.5 Å². The highest BCUT2D eigenvalue weighted by molar-refractivity contribution is 7.99. The molecule has 2 aromatic rings. The van der Waals surface area contributed by atoms with E-state index in [0.717, 1.165) is 25.7 Å². The van der Waals surface area contributed by atoms with Crippen molar-refractivity contribution in [3.8, 4) is 5.75 Å². The topological polar surface area (TPSA) is 129 Å². The van der Waals surface area contributed by atoms with Gasteiger partial charge in [-0.2, -0.15) is 4.31 Å². The highest BCUT2D eigenvalue weighted by atomic mass is 32.2. The van der Waals surface area contributed by atoms with Crippen LogP contribution in [0.1, 0.15) is 38.6 Å². The van der Waals surface area contributed by atoms with Crippen LogP contribution in [0.25, 0.3) is 0 Å². The van der Waals surface area contributed by atoms with Gasteiger partial charge < -0.3 is 14.8 Å². The fraction of sp³-hybridized carbons (Fsp3) is 0.600. The van der Waals surface area contributed by atoms with Gasteiger partial charge in [0, 0.05) is 13.1 Å². The molecule has 4 rings (SSSR count). The molecule has 33 heavy (non-hydrogen) atoms. The summed E-state index contributed by atoms with van der Waals surface area (Å²) in [5, 5.41) is 15.3. The van der Waals surface area contributed by atoms with Crippen LogP contribution in [0.3, 0.4) is 0 Å². The van der Waals surface area contributed by atoms with Gasteiger partial charge in [-0.3, -0.25) is 4.79 Å². The third-order valence-electron chi connectivity index (χ3n) is 5.60. The molecule has 2 heterocycles. The van der Waals surface area contributed by atoms with Gasteiger partial charge in [0.2, 0.25) is 21.1 Å². The van der Waals surface area contributed by atoms with Crippen LogP contribution in [0, 0.1) is 0 Å². The van der Waals surface area contributed by atoms with Crippen molar-refractivity contribution in [1.29, 1.82) is 0 Å². The molecule has 0 radical (unpaired) electrons. The number of tetrazole rings is 1. The number of ether oxygens (including phenoxy) is 2. The molecule has 1 saturated carbocycles. The van der Waals surface area contributed by atoms with Crippen LogP contribution in [0.15, 0.2) is 28.3 Å². The number of benzene rings is 1.